The van der Waals surface area contributed by atoms with Gasteiger partial charge in [0.15, 0.2) is 12.1 Å². The van der Waals surface area contributed by atoms with Crippen LogP contribution in [-0.2, 0) is 6.42 Å². The molecule has 0 radical (unpaired) electrons. The summed E-state index contributed by atoms with van der Waals surface area (Å²) in [7, 11) is 0. The van der Waals surface area contributed by atoms with Crippen molar-refractivity contribution in [2.75, 3.05) is 26.2 Å². The summed E-state index contributed by atoms with van der Waals surface area (Å²) >= 11 is 0. The lowest BCUT2D eigenvalue weighted by molar-refractivity contribution is 0.111. The number of carbonyl (C=O) groups is 2. The third-order valence-electron chi connectivity index (χ3n) is 3.60. The van der Waals surface area contributed by atoms with Crippen LogP contribution >= 0.6 is 0 Å². The summed E-state index contributed by atoms with van der Waals surface area (Å²) in [5.74, 6) is 0.778. The molecule has 2 atom stereocenters. The van der Waals surface area contributed by atoms with E-state index in [0.29, 0.717) is 38.4 Å². The molecule has 1 fully saturated rings. The molecule has 0 aromatic carbocycles. The molecular weight excluding hydrogens is 304 g/mol. The number of aldehydes is 1. The van der Waals surface area contributed by atoms with Gasteiger partial charge in [-0.15, -0.1) is 0 Å². The lowest BCUT2D eigenvalue weighted by Crippen LogP contribution is -2.33. The van der Waals surface area contributed by atoms with Crippen LogP contribution in [0.5, 0.6) is 5.88 Å². The van der Waals surface area contributed by atoms with Crippen molar-refractivity contribution in [3.63, 3.8) is 0 Å². The van der Waals surface area contributed by atoms with Gasteiger partial charge >= 0.3 is 6.09 Å². The van der Waals surface area contributed by atoms with Crippen LogP contribution < -0.4 is 15.4 Å². The maximum Gasteiger partial charge on any atom is 0.404 e. The van der Waals surface area contributed by atoms with Crippen LogP contribution in [0.2, 0.25) is 0 Å². The van der Waals surface area contributed by atoms with Crippen LogP contribution in [0.15, 0.2) is 6.20 Å². The highest BCUT2D eigenvalue weighted by atomic mass is 16.5. The quantitative estimate of drug-likeness (QED) is 0.544. The van der Waals surface area contributed by atoms with Crippen molar-refractivity contribution in [1.82, 2.24) is 20.6 Å². The topological polar surface area (TPSA) is 134 Å². The highest BCUT2D eigenvalue weighted by molar-refractivity contribution is 5.68. The zero-order chi connectivity index (χ0) is 16.7. The number of carboxylic acid groups (broad SMARTS) is 1. The Morgan fingerprint density at radius 3 is 3.00 bits per heavy atom. The van der Waals surface area contributed by atoms with Crippen molar-refractivity contribution in [3.8, 4) is 5.88 Å². The molecule has 2 aliphatic heterocycles. The van der Waals surface area contributed by atoms with E-state index >= 15 is 0 Å². The van der Waals surface area contributed by atoms with Crippen molar-refractivity contribution in [3.05, 3.63) is 17.6 Å². The molecule has 23 heavy (non-hydrogen) atoms. The number of nitrogens with zero attached hydrogens (tertiary/aromatic N) is 2. The van der Waals surface area contributed by atoms with Crippen LogP contribution in [0, 0.1) is 5.92 Å². The van der Waals surface area contributed by atoms with Crippen molar-refractivity contribution in [2.24, 2.45) is 5.92 Å². The van der Waals surface area contributed by atoms with Gasteiger partial charge in [-0.2, -0.15) is 4.98 Å². The van der Waals surface area contributed by atoms with Gasteiger partial charge in [-0.25, -0.2) is 9.78 Å². The minimum absolute atomic E-state index is 0.0195. The zero-order valence-corrected chi connectivity index (χ0v) is 12.6. The first-order valence-electron chi connectivity index (χ1n) is 7.39. The van der Waals surface area contributed by atoms with E-state index in [-0.39, 0.29) is 11.7 Å². The number of aryl methyl sites for hydroxylation is 1. The molecule has 9 nitrogen and oxygen atoms in total. The van der Waals surface area contributed by atoms with E-state index in [1.165, 1.54) is 0 Å². The Labute approximate surface area is 133 Å². The normalized spacial score (nSPS) is 22.1. The molecule has 2 aliphatic rings. The SMILES string of the molecule is O=C(O)NC[C@H]1CNC[C@H]1O.O=Cc1ncc2c(n1)OCCC2. The summed E-state index contributed by atoms with van der Waals surface area (Å²) in [4.78, 5) is 28.1. The molecule has 3 heterocycles. The van der Waals surface area contributed by atoms with Gasteiger partial charge in [-0.05, 0) is 12.8 Å². The fraction of sp³-hybridized carbons (Fsp3) is 0.571. The molecule has 126 valence electrons. The third kappa shape index (κ3) is 5.15. The maximum absolute atomic E-state index is 10.3. The van der Waals surface area contributed by atoms with Crippen LogP contribution in [0.1, 0.15) is 22.6 Å². The molecule has 0 saturated carbocycles. The number of hydrogen-bond donors (Lipinski definition) is 4. The largest absolute Gasteiger partial charge is 0.477 e. The highest BCUT2D eigenvalue weighted by Crippen LogP contribution is 2.20. The van der Waals surface area contributed by atoms with Gasteiger partial charge in [0.25, 0.3) is 0 Å². The summed E-state index contributed by atoms with van der Waals surface area (Å²) in [6.07, 6.45) is 2.76. The van der Waals surface area contributed by atoms with Crippen LogP contribution in [0.4, 0.5) is 4.79 Å². The first-order chi connectivity index (χ1) is 11.1. The number of aromatic nitrogens is 2. The number of aliphatic hydroxyl groups is 1. The van der Waals surface area contributed by atoms with Gasteiger partial charge in [-0.3, -0.25) is 4.79 Å². The summed E-state index contributed by atoms with van der Waals surface area (Å²) < 4.78 is 5.26. The predicted octanol–water partition coefficient (Wildman–Crippen LogP) is -0.552. The van der Waals surface area contributed by atoms with E-state index in [1.54, 1.807) is 6.20 Å². The number of hydrogen-bond acceptors (Lipinski definition) is 7. The smallest absolute Gasteiger partial charge is 0.404 e. The molecule has 4 N–H and O–H groups in total. The first-order valence-corrected chi connectivity index (χ1v) is 7.39. The highest BCUT2D eigenvalue weighted by Gasteiger charge is 2.24. The summed E-state index contributed by atoms with van der Waals surface area (Å²) in [5.41, 5.74) is 0.992. The van der Waals surface area contributed by atoms with E-state index < -0.39 is 12.2 Å². The summed E-state index contributed by atoms with van der Waals surface area (Å²) in [6, 6.07) is 0. The van der Waals surface area contributed by atoms with Gasteiger partial charge < -0.3 is 25.6 Å². The third-order valence-corrected chi connectivity index (χ3v) is 3.60. The lowest BCUT2D eigenvalue weighted by Gasteiger charge is -2.14. The zero-order valence-electron chi connectivity index (χ0n) is 12.6. The molecule has 0 bridgehead atoms. The van der Waals surface area contributed by atoms with E-state index in [0.717, 1.165) is 18.4 Å². The summed E-state index contributed by atoms with van der Waals surface area (Å²) in [5, 5.41) is 22.7. The van der Waals surface area contributed by atoms with Crippen molar-refractivity contribution in [1.29, 1.82) is 0 Å². The molecule has 3 rings (SSSR count). The van der Waals surface area contributed by atoms with Crippen molar-refractivity contribution < 1.29 is 24.5 Å². The van der Waals surface area contributed by atoms with E-state index in [9.17, 15) is 14.7 Å². The monoisotopic (exact) mass is 324 g/mol. The fourth-order valence-electron chi connectivity index (χ4n) is 2.33. The maximum atomic E-state index is 10.3. The van der Waals surface area contributed by atoms with Gasteiger partial charge in [0.2, 0.25) is 5.88 Å². The predicted molar refractivity (Wildman–Crippen MR) is 79.6 cm³/mol. The minimum atomic E-state index is -1.04. The Balaban J connectivity index is 0.000000168. The molecular formula is C14H20N4O5. The number of aliphatic hydroxyl groups excluding tert-OH is 1. The molecule has 0 unspecified atom stereocenters. The van der Waals surface area contributed by atoms with E-state index in [4.69, 9.17) is 9.84 Å². The number of rotatable bonds is 3. The standard InChI is InChI=1S/C8H8N2O2.C6H12N2O3/c11-5-7-9-4-6-2-1-3-12-8(6)10-7;9-5-3-7-1-4(5)2-8-6(10)11/h4-5H,1-3H2;4-5,7-9H,1-3H2,(H,10,11)/t;4-,5-/m.1/s1. The number of β-amino-alcohol motifs (C(OH)–C–C–N with tert-alkyl or cyclic N) is 1. The average molecular weight is 324 g/mol. The average Bonchev–Trinajstić information content (AvgIpc) is 2.98. The molecule has 0 spiro atoms. The first kappa shape index (κ1) is 17.1. The van der Waals surface area contributed by atoms with E-state index in [2.05, 4.69) is 20.6 Å². The van der Waals surface area contributed by atoms with E-state index in [1.807, 2.05) is 0 Å². The molecule has 0 aliphatic carbocycles. The number of carbonyl (C=O) groups excluding carboxylic acids is 1. The van der Waals surface area contributed by atoms with Crippen LogP contribution in [0.25, 0.3) is 0 Å². The second-order valence-corrected chi connectivity index (χ2v) is 5.30. The second kappa shape index (κ2) is 8.39. The Kier molecular flexibility index (Phi) is 6.24. The fourth-order valence-corrected chi connectivity index (χ4v) is 2.33. The van der Waals surface area contributed by atoms with Gasteiger partial charge in [0.1, 0.15) is 0 Å². The Bertz CT molecular complexity index is 554. The molecule has 9 heteroatoms. The Hall–Kier alpha value is -2.26. The second-order valence-electron chi connectivity index (χ2n) is 5.30. The Morgan fingerprint density at radius 2 is 2.35 bits per heavy atom. The minimum Gasteiger partial charge on any atom is -0.477 e. The number of amides is 1. The lowest BCUT2D eigenvalue weighted by atomic mass is 10.1. The van der Waals surface area contributed by atoms with Crippen LogP contribution in [0.3, 0.4) is 0 Å². The molecule has 1 amide bonds. The molecule has 1 saturated heterocycles. The molecule has 1 aromatic heterocycles. The molecule has 1 aromatic rings. The number of ether oxygens (including phenoxy) is 1. The summed E-state index contributed by atoms with van der Waals surface area (Å²) in [6.45, 7) is 2.25. The van der Waals surface area contributed by atoms with Crippen LogP contribution in [-0.4, -0.2) is 64.9 Å². The van der Waals surface area contributed by atoms with Gasteiger partial charge in [-0.1, -0.05) is 0 Å². The number of fused-ring (bicyclic) bond motifs is 1. The van der Waals surface area contributed by atoms with Gasteiger partial charge in [0.05, 0.1) is 12.7 Å². The van der Waals surface area contributed by atoms with Crippen molar-refractivity contribution in [2.45, 2.75) is 18.9 Å². The number of nitrogens with one attached hydrogen (secondary N) is 2. The Morgan fingerprint density at radius 1 is 1.52 bits per heavy atom. The van der Waals surface area contributed by atoms with Gasteiger partial charge in [0, 0.05) is 37.3 Å². The van der Waals surface area contributed by atoms with Crippen molar-refractivity contribution >= 4 is 12.4 Å².